The molecule has 18 nitrogen and oxygen atoms in total. The van der Waals surface area contributed by atoms with Crippen molar-refractivity contribution >= 4 is 47.2 Å². The predicted molar refractivity (Wildman–Crippen MR) is 263 cm³/mol. The summed E-state index contributed by atoms with van der Waals surface area (Å²) in [6.45, 7) is 10.5. The minimum atomic E-state index is -1.08. The molecule has 3 aromatic rings. The first-order chi connectivity index (χ1) is 33.6. The first kappa shape index (κ1) is 54.9. The molecule has 382 valence electrons. The lowest BCUT2D eigenvalue weighted by atomic mass is 10.1. The summed E-state index contributed by atoms with van der Waals surface area (Å²) in [5, 5.41) is 3.17. The first-order valence-electron chi connectivity index (χ1n) is 24.3. The molecular weight excluding hydrogens is 919 g/mol. The van der Waals surface area contributed by atoms with Crippen LogP contribution in [0.25, 0.3) is 0 Å². The van der Waals surface area contributed by atoms with E-state index in [1.807, 2.05) is 112 Å². The van der Waals surface area contributed by atoms with E-state index >= 15 is 0 Å². The summed E-state index contributed by atoms with van der Waals surface area (Å²) in [4.78, 5) is 81.3. The van der Waals surface area contributed by atoms with Crippen LogP contribution in [0.3, 0.4) is 0 Å². The van der Waals surface area contributed by atoms with E-state index < -0.39 is 28.9 Å². The van der Waals surface area contributed by atoms with E-state index in [4.69, 9.17) is 24.8 Å². The lowest BCUT2D eigenvalue weighted by Crippen LogP contribution is -2.41. The molecule has 0 saturated carbocycles. The van der Waals surface area contributed by atoms with Crippen molar-refractivity contribution in [2.24, 2.45) is 5.73 Å². The lowest BCUT2D eigenvalue weighted by Gasteiger charge is -2.23. The summed E-state index contributed by atoms with van der Waals surface area (Å²) >= 11 is 0. The van der Waals surface area contributed by atoms with E-state index in [9.17, 15) is 33.0 Å². The summed E-state index contributed by atoms with van der Waals surface area (Å²) < 4.78 is 31.2. The van der Waals surface area contributed by atoms with Crippen LogP contribution in [0.2, 0.25) is 0 Å². The molecule has 4 aliphatic rings. The smallest absolute Gasteiger partial charge is 0.432 e. The van der Waals surface area contributed by atoms with E-state index in [-0.39, 0.29) is 60.6 Å². The van der Waals surface area contributed by atoms with Crippen LogP contribution >= 0.6 is 0 Å². The monoisotopic (exact) mass is 989 g/mol. The van der Waals surface area contributed by atoms with Gasteiger partial charge in [0.1, 0.15) is 19.8 Å². The van der Waals surface area contributed by atoms with Crippen molar-refractivity contribution in [1.29, 1.82) is 0 Å². The highest BCUT2D eigenvalue weighted by Gasteiger charge is 2.34. The Balaban J connectivity index is 0.000000200. The number of carbonyl (C=O) groups is 6. The van der Waals surface area contributed by atoms with Crippen molar-refractivity contribution in [3.05, 3.63) is 108 Å². The molecule has 70 heavy (non-hydrogen) atoms. The van der Waals surface area contributed by atoms with Gasteiger partial charge in [-0.1, -0.05) is 91.0 Å². The number of likely N-dealkylation sites (tertiary alicyclic amines) is 3. The van der Waals surface area contributed by atoms with Crippen LogP contribution in [0, 0.1) is 0 Å². The van der Waals surface area contributed by atoms with Gasteiger partial charge in [-0.05, 0) is 95.2 Å². The number of hydroxylamine groups is 2. The number of rotatable bonds is 10. The highest BCUT2D eigenvalue weighted by atomic mass is 32.2. The SMILES string of the molecule is CC(C)(C)S(=O)N[C@H]1CCCN(C(=O)OCc2ccccc2)CC1.N[C@H]1CCCN(C(=O)OCc2ccccc2)CC1.O=C(N[C@H]1CCCN(C(=O)OCc2ccccc2)CC1)ON1C(=O)CCC1=O. The Hall–Kier alpha value is -6.05. The zero-order valence-electron chi connectivity index (χ0n) is 40.8. The van der Waals surface area contributed by atoms with Crippen LogP contribution in [-0.2, 0) is 59.4 Å². The average molecular weight is 990 g/mol. The molecule has 6 amide bonds. The van der Waals surface area contributed by atoms with Gasteiger partial charge < -0.3 is 44.8 Å². The van der Waals surface area contributed by atoms with Gasteiger partial charge in [-0.15, -0.1) is 5.06 Å². The van der Waals surface area contributed by atoms with Gasteiger partial charge in [0.15, 0.2) is 0 Å². The molecule has 0 bridgehead atoms. The van der Waals surface area contributed by atoms with Gasteiger partial charge in [0.05, 0.1) is 15.7 Å². The fourth-order valence-corrected chi connectivity index (χ4v) is 8.71. The fraction of sp³-hybridized carbons (Fsp3) is 0.529. The van der Waals surface area contributed by atoms with E-state index in [1.165, 1.54) is 0 Å². The Kier molecular flexibility index (Phi) is 22.4. The van der Waals surface area contributed by atoms with E-state index in [0.717, 1.165) is 61.8 Å². The molecule has 4 aliphatic heterocycles. The maximum absolute atomic E-state index is 12.3. The van der Waals surface area contributed by atoms with Crippen LogP contribution in [0.1, 0.15) is 108 Å². The van der Waals surface area contributed by atoms with Crippen LogP contribution in [-0.4, -0.2) is 122 Å². The molecule has 4 heterocycles. The second-order valence-corrected chi connectivity index (χ2v) is 20.6. The van der Waals surface area contributed by atoms with E-state index in [0.29, 0.717) is 70.3 Å². The van der Waals surface area contributed by atoms with Gasteiger partial charge in [0.25, 0.3) is 11.8 Å². The van der Waals surface area contributed by atoms with E-state index in [1.54, 1.807) is 14.7 Å². The first-order valence-corrected chi connectivity index (χ1v) is 25.4. The summed E-state index contributed by atoms with van der Waals surface area (Å²) in [7, 11) is -1.08. The molecule has 4 saturated heterocycles. The summed E-state index contributed by atoms with van der Waals surface area (Å²) in [6.07, 6.45) is 5.66. The minimum Gasteiger partial charge on any atom is -0.445 e. The molecule has 7 rings (SSSR count). The van der Waals surface area contributed by atoms with Gasteiger partial charge in [-0.3, -0.25) is 9.59 Å². The number of nitrogens with zero attached hydrogens (tertiary/aromatic N) is 4. The van der Waals surface area contributed by atoms with Crippen molar-refractivity contribution in [2.45, 2.75) is 134 Å². The number of hydrogen-bond acceptors (Lipinski definition) is 12. The molecule has 0 aromatic heterocycles. The third-order valence-corrected chi connectivity index (χ3v) is 13.6. The number of hydrogen-bond donors (Lipinski definition) is 3. The van der Waals surface area contributed by atoms with Gasteiger partial charge in [-0.25, -0.2) is 28.1 Å². The Bertz CT molecular complexity index is 2130. The Morgan fingerprint density at radius 1 is 0.571 bits per heavy atom. The zero-order valence-corrected chi connectivity index (χ0v) is 41.6. The highest BCUT2D eigenvalue weighted by molar-refractivity contribution is 7.84. The summed E-state index contributed by atoms with van der Waals surface area (Å²) in [5.74, 6) is -1.04. The second-order valence-electron chi connectivity index (χ2n) is 18.6. The third kappa shape index (κ3) is 19.4. The number of nitrogens with two attached hydrogens (primary N) is 1. The van der Waals surface area contributed by atoms with Gasteiger partial charge >= 0.3 is 24.4 Å². The molecule has 0 spiro atoms. The second kappa shape index (κ2) is 28.6. The summed E-state index contributed by atoms with van der Waals surface area (Å²) in [6, 6.07) is 29.0. The molecule has 19 heteroatoms. The zero-order chi connectivity index (χ0) is 50.3. The van der Waals surface area contributed by atoms with Crippen molar-refractivity contribution in [3.63, 3.8) is 0 Å². The number of carbonyl (C=O) groups excluding carboxylic acids is 6. The molecule has 4 atom stereocenters. The van der Waals surface area contributed by atoms with Crippen molar-refractivity contribution in [3.8, 4) is 0 Å². The maximum atomic E-state index is 12.3. The molecule has 4 N–H and O–H groups in total. The average Bonchev–Trinajstić information content (AvgIpc) is 3.67. The molecule has 1 unspecified atom stereocenters. The quantitative estimate of drug-likeness (QED) is 0.134. The molecule has 0 aliphatic carbocycles. The van der Waals surface area contributed by atoms with Crippen LogP contribution in [0.4, 0.5) is 19.2 Å². The number of imide groups is 1. The molecular formula is C51H71N7O11S. The Morgan fingerprint density at radius 3 is 1.39 bits per heavy atom. The Labute approximate surface area is 414 Å². The largest absolute Gasteiger partial charge is 0.445 e. The lowest BCUT2D eigenvalue weighted by molar-refractivity contribution is -0.171. The van der Waals surface area contributed by atoms with Crippen LogP contribution in [0.5, 0.6) is 0 Å². The van der Waals surface area contributed by atoms with Crippen molar-refractivity contribution in [2.75, 3.05) is 39.3 Å². The number of ether oxygens (including phenoxy) is 3. The standard InChI is InChI=1S/C19H23N3O6.C18H28N2O3S.C14H20N2O2/c23-16-8-9-17(24)22(16)28-18(25)20-15-7-4-11-21(12-10-15)19(26)27-13-14-5-2-1-3-6-14;1-18(2,3)24(22)19-16-10-7-12-20(13-11-16)17(21)23-14-15-8-5-4-6-9-15;15-13-7-4-9-16(10-8-13)14(17)18-11-12-5-2-1-3-6-12/h1-3,5-6,15H,4,7-13H2,(H,20,25);4-6,8-9,16,19H,7,10-14H2,1-3H3;1-3,5-6,13H,4,7-11,15H2/t15-;16-,24?;13-/m000/s1. The molecule has 3 aromatic carbocycles. The van der Waals surface area contributed by atoms with E-state index in [2.05, 4.69) is 10.0 Å². The number of benzene rings is 3. The molecule has 0 radical (unpaired) electrons. The maximum Gasteiger partial charge on any atom is 0.432 e. The van der Waals surface area contributed by atoms with Crippen molar-refractivity contribution < 1.29 is 52.0 Å². The van der Waals surface area contributed by atoms with Crippen molar-refractivity contribution in [1.82, 2.24) is 29.8 Å². The number of amides is 6. The molecule has 4 fully saturated rings. The predicted octanol–water partition coefficient (Wildman–Crippen LogP) is 7.33. The fourth-order valence-electron chi connectivity index (χ4n) is 7.82. The van der Waals surface area contributed by atoms with Gasteiger partial charge in [0, 0.05) is 70.2 Å². The topological polar surface area (TPSA) is 219 Å². The normalized spacial score (nSPS) is 20.1. The Morgan fingerprint density at radius 2 is 0.957 bits per heavy atom. The van der Waals surface area contributed by atoms with Crippen LogP contribution < -0.4 is 15.8 Å². The van der Waals surface area contributed by atoms with Gasteiger partial charge in [-0.2, -0.15) is 0 Å². The third-order valence-electron chi connectivity index (χ3n) is 12.0. The minimum absolute atomic E-state index is 0.0512. The van der Waals surface area contributed by atoms with Crippen LogP contribution in [0.15, 0.2) is 91.0 Å². The highest BCUT2D eigenvalue weighted by Crippen LogP contribution is 2.19. The number of nitrogens with one attached hydrogen (secondary N) is 2. The van der Waals surface area contributed by atoms with Gasteiger partial charge in [0.2, 0.25) is 0 Å². The summed E-state index contributed by atoms with van der Waals surface area (Å²) in [5.41, 5.74) is 8.80.